The molecule has 0 aliphatic carbocycles. The molecule has 1 unspecified atom stereocenters. The summed E-state index contributed by atoms with van der Waals surface area (Å²) < 4.78 is 11.3. The number of nitrogen functional groups attached to an aromatic ring is 1. The standard InChI is InChI=1S/C12H17NO2/c1-2-3-4-5-12-14-10-7-6-9(13)8-11(10)15-12/h6-8,12H,2-5,13H2,1H3. The lowest BCUT2D eigenvalue weighted by Crippen LogP contribution is -2.17. The lowest BCUT2D eigenvalue weighted by atomic mass is 10.2. The highest BCUT2D eigenvalue weighted by Crippen LogP contribution is 2.37. The molecule has 0 spiro atoms. The van der Waals surface area contributed by atoms with Crippen LogP contribution in [0.1, 0.15) is 32.6 Å². The van der Waals surface area contributed by atoms with Crippen molar-refractivity contribution in [3.05, 3.63) is 18.2 Å². The predicted octanol–water partition coefficient (Wildman–Crippen LogP) is 2.95. The van der Waals surface area contributed by atoms with E-state index in [1.807, 2.05) is 18.2 Å². The molecule has 1 atom stereocenters. The molecule has 2 rings (SSSR count). The Bertz CT molecular complexity index is 338. The molecule has 15 heavy (non-hydrogen) atoms. The third-order valence-electron chi connectivity index (χ3n) is 2.53. The third kappa shape index (κ3) is 2.35. The van der Waals surface area contributed by atoms with Crippen molar-refractivity contribution in [3.8, 4) is 11.5 Å². The highest BCUT2D eigenvalue weighted by atomic mass is 16.7. The molecule has 0 saturated heterocycles. The minimum absolute atomic E-state index is 0.117. The number of hydrogen-bond donors (Lipinski definition) is 1. The summed E-state index contributed by atoms with van der Waals surface area (Å²) in [4.78, 5) is 0. The van der Waals surface area contributed by atoms with Crippen molar-refractivity contribution in [1.82, 2.24) is 0 Å². The normalized spacial score (nSPS) is 18.1. The fourth-order valence-corrected chi connectivity index (χ4v) is 1.70. The van der Waals surface area contributed by atoms with Gasteiger partial charge in [-0.2, -0.15) is 0 Å². The number of ether oxygens (including phenoxy) is 2. The highest BCUT2D eigenvalue weighted by molar-refractivity contribution is 5.53. The maximum atomic E-state index is 5.66. The minimum atomic E-state index is -0.117. The van der Waals surface area contributed by atoms with Crippen molar-refractivity contribution < 1.29 is 9.47 Å². The molecule has 0 bridgehead atoms. The first-order valence-electron chi connectivity index (χ1n) is 5.52. The Kier molecular flexibility index (Phi) is 2.99. The topological polar surface area (TPSA) is 44.5 Å². The van der Waals surface area contributed by atoms with Gasteiger partial charge in [0.25, 0.3) is 0 Å². The van der Waals surface area contributed by atoms with E-state index in [9.17, 15) is 0 Å². The van der Waals surface area contributed by atoms with Gasteiger partial charge in [-0.15, -0.1) is 0 Å². The second kappa shape index (κ2) is 4.43. The Morgan fingerprint density at radius 3 is 2.80 bits per heavy atom. The number of fused-ring (bicyclic) bond motifs is 1. The molecule has 0 amide bonds. The molecule has 3 nitrogen and oxygen atoms in total. The first-order valence-corrected chi connectivity index (χ1v) is 5.52. The molecule has 1 aliphatic rings. The van der Waals surface area contributed by atoms with Gasteiger partial charge in [0.1, 0.15) is 0 Å². The van der Waals surface area contributed by atoms with Gasteiger partial charge in [-0.1, -0.05) is 19.8 Å². The first kappa shape index (κ1) is 10.1. The maximum absolute atomic E-state index is 5.66. The van der Waals surface area contributed by atoms with Gasteiger partial charge in [0.15, 0.2) is 11.5 Å². The van der Waals surface area contributed by atoms with Crippen LogP contribution < -0.4 is 15.2 Å². The van der Waals surface area contributed by atoms with Gasteiger partial charge in [0.05, 0.1) is 0 Å². The third-order valence-corrected chi connectivity index (χ3v) is 2.53. The summed E-state index contributed by atoms with van der Waals surface area (Å²) in [6, 6.07) is 5.51. The van der Waals surface area contributed by atoms with Gasteiger partial charge in [0, 0.05) is 18.2 Å². The summed E-state index contributed by atoms with van der Waals surface area (Å²) in [6.07, 6.45) is 4.41. The van der Waals surface area contributed by atoms with E-state index in [2.05, 4.69) is 6.92 Å². The molecule has 1 aromatic rings. The van der Waals surface area contributed by atoms with E-state index in [0.717, 1.165) is 24.3 Å². The Hall–Kier alpha value is -1.38. The van der Waals surface area contributed by atoms with Crippen molar-refractivity contribution in [1.29, 1.82) is 0 Å². The smallest absolute Gasteiger partial charge is 0.241 e. The van der Waals surface area contributed by atoms with Gasteiger partial charge in [-0.3, -0.25) is 0 Å². The van der Waals surface area contributed by atoms with Crippen LogP contribution in [0.4, 0.5) is 5.69 Å². The first-order chi connectivity index (χ1) is 7.29. The Morgan fingerprint density at radius 1 is 1.20 bits per heavy atom. The summed E-state index contributed by atoms with van der Waals surface area (Å²) in [5, 5.41) is 0. The maximum Gasteiger partial charge on any atom is 0.241 e. The molecule has 82 valence electrons. The number of rotatable bonds is 4. The van der Waals surface area contributed by atoms with Crippen LogP contribution >= 0.6 is 0 Å². The Labute approximate surface area is 90.2 Å². The Morgan fingerprint density at radius 2 is 2.00 bits per heavy atom. The van der Waals surface area contributed by atoms with Gasteiger partial charge in [-0.25, -0.2) is 0 Å². The quantitative estimate of drug-likeness (QED) is 0.609. The number of nitrogens with two attached hydrogens (primary N) is 1. The van der Waals surface area contributed by atoms with Crippen LogP contribution in [-0.4, -0.2) is 6.29 Å². The fraction of sp³-hybridized carbons (Fsp3) is 0.500. The monoisotopic (exact) mass is 207 g/mol. The van der Waals surface area contributed by atoms with Gasteiger partial charge in [-0.05, 0) is 18.6 Å². The van der Waals surface area contributed by atoms with Crippen molar-refractivity contribution >= 4 is 5.69 Å². The van der Waals surface area contributed by atoms with E-state index < -0.39 is 0 Å². The summed E-state index contributed by atoms with van der Waals surface area (Å²) in [5.74, 6) is 1.59. The number of benzene rings is 1. The zero-order valence-electron chi connectivity index (χ0n) is 9.03. The average Bonchev–Trinajstić information content (AvgIpc) is 2.60. The molecule has 2 N–H and O–H groups in total. The molecular weight excluding hydrogens is 190 g/mol. The summed E-state index contributed by atoms with van der Waals surface area (Å²) >= 11 is 0. The predicted molar refractivity (Wildman–Crippen MR) is 60.0 cm³/mol. The molecular formula is C12H17NO2. The van der Waals surface area contributed by atoms with Crippen LogP contribution in [0.3, 0.4) is 0 Å². The molecule has 1 aliphatic heterocycles. The van der Waals surface area contributed by atoms with E-state index in [1.54, 1.807) is 0 Å². The largest absolute Gasteiger partial charge is 0.451 e. The van der Waals surface area contributed by atoms with Gasteiger partial charge in [0.2, 0.25) is 6.29 Å². The average molecular weight is 207 g/mol. The van der Waals surface area contributed by atoms with Crippen LogP contribution in [-0.2, 0) is 0 Å². The van der Waals surface area contributed by atoms with E-state index >= 15 is 0 Å². The summed E-state index contributed by atoms with van der Waals surface area (Å²) in [6.45, 7) is 2.19. The van der Waals surface area contributed by atoms with E-state index in [4.69, 9.17) is 15.2 Å². The number of hydrogen-bond acceptors (Lipinski definition) is 3. The van der Waals surface area contributed by atoms with Crippen LogP contribution in [0.25, 0.3) is 0 Å². The van der Waals surface area contributed by atoms with Crippen LogP contribution in [0.15, 0.2) is 18.2 Å². The van der Waals surface area contributed by atoms with Crippen molar-refractivity contribution in [2.24, 2.45) is 0 Å². The highest BCUT2D eigenvalue weighted by Gasteiger charge is 2.23. The fourth-order valence-electron chi connectivity index (χ4n) is 1.70. The van der Waals surface area contributed by atoms with E-state index in [0.29, 0.717) is 5.69 Å². The van der Waals surface area contributed by atoms with Crippen molar-refractivity contribution in [2.45, 2.75) is 38.9 Å². The van der Waals surface area contributed by atoms with Crippen molar-refractivity contribution in [2.75, 3.05) is 5.73 Å². The summed E-state index contributed by atoms with van der Waals surface area (Å²) in [7, 11) is 0. The lowest BCUT2D eigenvalue weighted by Gasteiger charge is -2.08. The molecule has 0 aromatic heterocycles. The molecule has 1 heterocycles. The molecule has 0 saturated carbocycles. The SMILES string of the molecule is CCCCCC1Oc2ccc(N)cc2O1. The number of anilines is 1. The van der Waals surface area contributed by atoms with Crippen LogP contribution in [0.5, 0.6) is 11.5 Å². The zero-order valence-corrected chi connectivity index (χ0v) is 9.03. The molecule has 0 fully saturated rings. The second-order valence-electron chi connectivity index (χ2n) is 3.87. The molecule has 0 radical (unpaired) electrons. The van der Waals surface area contributed by atoms with Gasteiger partial charge >= 0.3 is 0 Å². The molecule has 3 heteroatoms. The number of unbranched alkanes of at least 4 members (excludes halogenated alkanes) is 2. The molecule has 1 aromatic carbocycles. The Balaban J connectivity index is 1.91. The second-order valence-corrected chi connectivity index (χ2v) is 3.87. The van der Waals surface area contributed by atoms with Gasteiger partial charge < -0.3 is 15.2 Å². The van der Waals surface area contributed by atoms with E-state index in [-0.39, 0.29) is 6.29 Å². The minimum Gasteiger partial charge on any atom is -0.451 e. The van der Waals surface area contributed by atoms with E-state index in [1.165, 1.54) is 12.8 Å². The summed E-state index contributed by atoms with van der Waals surface area (Å²) in [5.41, 5.74) is 6.38. The van der Waals surface area contributed by atoms with Crippen LogP contribution in [0, 0.1) is 0 Å². The zero-order chi connectivity index (χ0) is 10.7. The van der Waals surface area contributed by atoms with Crippen molar-refractivity contribution in [3.63, 3.8) is 0 Å². The van der Waals surface area contributed by atoms with Crippen LogP contribution in [0.2, 0.25) is 0 Å². The lowest BCUT2D eigenvalue weighted by molar-refractivity contribution is 0.0397.